The molecule has 9 heteroatoms. The maximum atomic E-state index is 12.4. The highest BCUT2D eigenvalue weighted by Gasteiger charge is 2.68. The Morgan fingerprint density at radius 3 is 2.96 bits per heavy atom. The molecule has 0 radical (unpaired) electrons. The molecule has 1 N–H and O–H groups in total. The van der Waals surface area contributed by atoms with Crippen molar-refractivity contribution in [2.75, 3.05) is 11.9 Å². The largest absolute Gasteiger partial charge is 0.461 e. The monoisotopic (exact) mass is 446 g/mol. The molecular weight excluding hydrogens is 431 g/mol. The maximum Gasteiger partial charge on any atom is 0.310 e. The van der Waals surface area contributed by atoms with Crippen LogP contribution >= 0.6 is 22.6 Å². The van der Waals surface area contributed by atoms with Gasteiger partial charge in [0.15, 0.2) is 12.4 Å². The van der Waals surface area contributed by atoms with Gasteiger partial charge in [-0.1, -0.05) is 27.7 Å². The molecule has 1 saturated heterocycles. The van der Waals surface area contributed by atoms with Crippen molar-refractivity contribution in [2.45, 2.75) is 23.4 Å². The lowest BCUT2D eigenvalue weighted by molar-refractivity contribution is -0.157. The molecule has 8 nitrogen and oxygen atoms in total. The zero-order valence-corrected chi connectivity index (χ0v) is 14.9. The topological polar surface area (TPSA) is 108 Å². The Kier molecular flexibility index (Phi) is 3.77. The van der Waals surface area contributed by atoms with Crippen LogP contribution in [0.25, 0.3) is 0 Å². The highest BCUT2D eigenvalue weighted by atomic mass is 127. The lowest BCUT2D eigenvalue weighted by Crippen LogP contribution is -2.39. The van der Waals surface area contributed by atoms with Crippen LogP contribution in [0.5, 0.6) is 0 Å². The Bertz CT molecular complexity index is 719. The van der Waals surface area contributed by atoms with E-state index in [9.17, 15) is 14.4 Å². The number of hydrogen-bond donors (Lipinski definition) is 1. The number of nitrogens with one attached hydrogen (secondary N) is 1. The molecule has 1 aliphatic heterocycles. The molecule has 2 bridgehead atoms. The minimum Gasteiger partial charge on any atom is -0.461 e. The van der Waals surface area contributed by atoms with Gasteiger partial charge in [0.1, 0.15) is 11.9 Å². The molecule has 0 spiro atoms. The van der Waals surface area contributed by atoms with Crippen molar-refractivity contribution in [2.24, 2.45) is 23.7 Å². The zero-order valence-electron chi connectivity index (χ0n) is 12.7. The van der Waals surface area contributed by atoms with E-state index in [4.69, 9.17) is 14.0 Å². The van der Waals surface area contributed by atoms with Crippen molar-refractivity contribution in [1.29, 1.82) is 0 Å². The minimum atomic E-state index is -0.509. The predicted octanol–water partition coefficient (Wildman–Crippen LogP) is 1.08. The standard InChI is InChI=1S/C15H15IN2O6/c1-5-2-8(18-24-5)17-9(19)4-22-14(20)10-6-3-7-11(10)15(21)23-13(7)12(6)16/h2,6-7,10-13H,3-4H2,1H3,(H,17,18,19)/t6-,7-,10+,11+,12-,13+/m1/s1. The van der Waals surface area contributed by atoms with Gasteiger partial charge in [0.2, 0.25) is 0 Å². The van der Waals surface area contributed by atoms with Gasteiger partial charge in [-0.3, -0.25) is 14.4 Å². The summed E-state index contributed by atoms with van der Waals surface area (Å²) >= 11 is 2.25. The second-order valence-electron chi connectivity index (χ2n) is 6.44. The van der Waals surface area contributed by atoms with E-state index in [-0.39, 0.29) is 33.7 Å². The maximum absolute atomic E-state index is 12.4. The average molecular weight is 446 g/mol. The molecule has 3 fully saturated rings. The van der Waals surface area contributed by atoms with Gasteiger partial charge in [0, 0.05) is 12.0 Å². The van der Waals surface area contributed by atoms with Gasteiger partial charge >= 0.3 is 11.9 Å². The van der Waals surface area contributed by atoms with E-state index in [1.54, 1.807) is 13.0 Å². The summed E-state index contributed by atoms with van der Waals surface area (Å²) in [6.07, 6.45) is 0.731. The molecule has 2 aliphatic carbocycles. The molecule has 2 saturated carbocycles. The third-order valence-electron chi connectivity index (χ3n) is 5.04. The Labute approximate surface area is 150 Å². The normalized spacial score (nSPS) is 35.8. The van der Waals surface area contributed by atoms with Crippen molar-refractivity contribution in [3.05, 3.63) is 11.8 Å². The van der Waals surface area contributed by atoms with E-state index in [0.717, 1.165) is 6.42 Å². The Balaban J connectivity index is 1.37. The second kappa shape index (κ2) is 5.71. The zero-order chi connectivity index (χ0) is 17.0. The number of aromatic nitrogens is 1. The molecule has 1 amide bonds. The van der Waals surface area contributed by atoms with Crippen LogP contribution < -0.4 is 5.32 Å². The van der Waals surface area contributed by atoms with Crippen molar-refractivity contribution in [3.63, 3.8) is 0 Å². The summed E-state index contributed by atoms with van der Waals surface area (Å²) in [5.74, 6) is -1.23. The van der Waals surface area contributed by atoms with E-state index in [2.05, 4.69) is 33.1 Å². The molecule has 4 rings (SSSR count). The third kappa shape index (κ3) is 2.40. The van der Waals surface area contributed by atoms with E-state index in [1.165, 1.54) is 0 Å². The number of carbonyl (C=O) groups excluding carboxylic acids is 3. The summed E-state index contributed by atoms with van der Waals surface area (Å²) in [4.78, 5) is 36.3. The van der Waals surface area contributed by atoms with Crippen molar-refractivity contribution in [3.8, 4) is 0 Å². The van der Waals surface area contributed by atoms with Gasteiger partial charge in [0.05, 0.1) is 15.8 Å². The highest BCUT2D eigenvalue weighted by molar-refractivity contribution is 14.1. The van der Waals surface area contributed by atoms with Gasteiger partial charge in [0.25, 0.3) is 5.91 Å². The van der Waals surface area contributed by atoms with Gasteiger partial charge in [-0.2, -0.15) is 0 Å². The number of esters is 2. The van der Waals surface area contributed by atoms with E-state index in [0.29, 0.717) is 5.76 Å². The smallest absolute Gasteiger partial charge is 0.310 e. The fourth-order valence-corrected chi connectivity index (χ4v) is 5.55. The highest BCUT2D eigenvalue weighted by Crippen LogP contribution is 2.60. The fourth-order valence-electron chi connectivity index (χ4n) is 4.13. The number of ether oxygens (including phenoxy) is 2. The van der Waals surface area contributed by atoms with Gasteiger partial charge in [-0.25, -0.2) is 0 Å². The number of aryl methyl sites for hydroxylation is 1. The van der Waals surface area contributed by atoms with Crippen LogP contribution in [-0.4, -0.2) is 39.6 Å². The van der Waals surface area contributed by atoms with Crippen molar-refractivity contribution >= 4 is 46.3 Å². The predicted molar refractivity (Wildman–Crippen MR) is 87.1 cm³/mol. The van der Waals surface area contributed by atoms with Gasteiger partial charge in [-0.15, -0.1) is 0 Å². The Hall–Kier alpha value is -1.65. The summed E-state index contributed by atoms with van der Waals surface area (Å²) in [5, 5.41) is 6.11. The van der Waals surface area contributed by atoms with E-state index < -0.39 is 30.3 Å². The summed E-state index contributed by atoms with van der Waals surface area (Å²) < 4.78 is 15.5. The van der Waals surface area contributed by atoms with Crippen LogP contribution in [0.1, 0.15) is 12.2 Å². The Morgan fingerprint density at radius 2 is 2.25 bits per heavy atom. The molecule has 0 unspecified atom stereocenters. The number of hydrogen-bond acceptors (Lipinski definition) is 7. The SMILES string of the molecule is Cc1cc(NC(=O)COC(=O)[C@H]2[C@H]3C[C@H]4[C@H](OC(=O)[C@@H]42)[C@@H]3I)no1. The number of amides is 1. The number of rotatable bonds is 4. The number of fused-ring (bicyclic) bond motifs is 1. The average Bonchev–Trinajstić information content (AvgIpc) is 3.24. The first-order valence-corrected chi connectivity index (χ1v) is 8.94. The molecule has 1 aromatic heterocycles. The first kappa shape index (κ1) is 15.9. The van der Waals surface area contributed by atoms with Crippen LogP contribution in [0.4, 0.5) is 5.82 Å². The van der Waals surface area contributed by atoms with Gasteiger partial charge < -0.3 is 19.3 Å². The lowest BCUT2D eigenvalue weighted by atomic mass is 9.80. The molecule has 0 aromatic carbocycles. The van der Waals surface area contributed by atoms with Crippen LogP contribution in [0.3, 0.4) is 0 Å². The number of anilines is 1. The van der Waals surface area contributed by atoms with Crippen LogP contribution in [0.2, 0.25) is 0 Å². The van der Waals surface area contributed by atoms with E-state index in [1.807, 2.05) is 0 Å². The number of alkyl halides is 1. The van der Waals surface area contributed by atoms with E-state index >= 15 is 0 Å². The lowest BCUT2D eigenvalue weighted by Gasteiger charge is -2.26. The summed E-state index contributed by atoms with van der Waals surface area (Å²) in [7, 11) is 0. The summed E-state index contributed by atoms with van der Waals surface area (Å²) in [5.41, 5.74) is 0. The molecule has 2 heterocycles. The quantitative estimate of drug-likeness (QED) is 0.419. The molecule has 6 atom stereocenters. The molecule has 3 aliphatic rings. The molecular formula is C15H15IN2O6. The Morgan fingerprint density at radius 1 is 1.46 bits per heavy atom. The second-order valence-corrected chi connectivity index (χ2v) is 7.88. The first-order chi connectivity index (χ1) is 11.5. The van der Waals surface area contributed by atoms with Crippen LogP contribution in [0, 0.1) is 30.6 Å². The first-order valence-electron chi connectivity index (χ1n) is 7.70. The van der Waals surface area contributed by atoms with Crippen molar-refractivity contribution < 1.29 is 28.4 Å². The summed E-state index contributed by atoms with van der Waals surface area (Å²) in [6, 6.07) is 1.56. The summed E-state index contributed by atoms with van der Waals surface area (Å²) in [6.45, 7) is 1.28. The van der Waals surface area contributed by atoms with Crippen LogP contribution in [-0.2, 0) is 23.9 Å². The number of carbonyl (C=O) groups is 3. The number of nitrogens with zero attached hydrogens (tertiary/aromatic N) is 1. The molecule has 24 heavy (non-hydrogen) atoms. The third-order valence-corrected chi connectivity index (χ3v) is 6.67. The minimum absolute atomic E-state index is 0.0733. The fraction of sp³-hybridized carbons (Fsp3) is 0.600. The van der Waals surface area contributed by atoms with Gasteiger partial charge in [-0.05, 0) is 19.3 Å². The number of halogens is 1. The molecule has 1 aromatic rings. The van der Waals surface area contributed by atoms with Crippen LogP contribution in [0.15, 0.2) is 10.6 Å². The van der Waals surface area contributed by atoms with Crippen molar-refractivity contribution in [1.82, 2.24) is 5.16 Å². The molecule has 128 valence electrons.